The van der Waals surface area contributed by atoms with Gasteiger partial charge in [0.2, 0.25) is 0 Å². The minimum Gasteiger partial charge on any atom is -0.310 e. The highest BCUT2D eigenvalue weighted by atomic mass is 79.9. The molecule has 0 bridgehead atoms. The largest absolute Gasteiger partial charge is 0.310 e. The molecule has 0 heterocycles. The third kappa shape index (κ3) is 4.06. The molecule has 1 N–H and O–H groups in total. The van der Waals surface area contributed by atoms with Gasteiger partial charge in [-0.2, -0.15) is 0 Å². The Balaban J connectivity index is 2.04. The van der Waals surface area contributed by atoms with E-state index >= 15 is 0 Å². The van der Waals surface area contributed by atoms with Gasteiger partial charge in [-0.15, -0.1) is 0 Å². The molecule has 0 aliphatic heterocycles. The Hall–Kier alpha value is -0.410. The van der Waals surface area contributed by atoms with Gasteiger partial charge < -0.3 is 5.32 Å². The molecule has 1 aliphatic carbocycles. The first-order chi connectivity index (χ1) is 8.70. The van der Waals surface area contributed by atoms with E-state index in [1.165, 1.54) is 24.8 Å². The Kier molecular flexibility index (Phi) is 5.19. The average molecular weight is 314 g/mol. The Morgan fingerprint density at radius 2 is 2.22 bits per heavy atom. The van der Waals surface area contributed by atoms with Crippen molar-refractivity contribution >= 4 is 15.9 Å². The van der Waals surface area contributed by atoms with E-state index in [2.05, 4.69) is 28.2 Å². The number of hydrogen-bond donors (Lipinski definition) is 1. The molecular formula is C15H21BrFN. The molecule has 0 aromatic heterocycles. The Morgan fingerprint density at radius 3 is 2.83 bits per heavy atom. The van der Waals surface area contributed by atoms with Gasteiger partial charge in [0.15, 0.2) is 0 Å². The third-order valence-electron chi connectivity index (χ3n) is 3.54. The second-order valence-electron chi connectivity index (χ2n) is 5.19. The van der Waals surface area contributed by atoms with Crippen LogP contribution in [0, 0.1) is 11.7 Å². The standard InChI is InChI=1S/C15H21BrFN/c1-2-9-18-15(8-5-11-3-4-11)13-7-6-12(17)10-14(13)16/h6-7,10-11,15,18H,2-5,8-9H2,1H3. The average Bonchev–Trinajstić information content (AvgIpc) is 3.14. The van der Waals surface area contributed by atoms with Crippen LogP contribution in [0.25, 0.3) is 0 Å². The fourth-order valence-corrected chi connectivity index (χ4v) is 2.91. The van der Waals surface area contributed by atoms with E-state index in [9.17, 15) is 4.39 Å². The quantitative estimate of drug-likeness (QED) is 0.761. The first-order valence-corrected chi connectivity index (χ1v) is 7.68. The molecule has 1 aromatic rings. The lowest BCUT2D eigenvalue weighted by Gasteiger charge is -2.20. The highest BCUT2D eigenvalue weighted by Gasteiger charge is 2.23. The maximum absolute atomic E-state index is 13.1. The molecule has 0 spiro atoms. The molecule has 1 unspecified atom stereocenters. The predicted octanol–water partition coefficient (Wildman–Crippen LogP) is 4.82. The smallest absolute Gasteiger partial charge is 0.124 e. The van der Waals surface area contributed by atoms with Crippen LogP contribution in [-0.2, 0) is 0 Å². The highest BCUT2D eigenvalue weighted by Crippen LogP contribution is 2.37. The number of halogens is 2. The Bertz CT molecular complexity index is 390. The van der Waals surface area contributed by atoms with Gasteiger partial charge in [0.1, 0.15) is 5.82 Å². The summed E-state index contributed by atoms with van der Waals surface area (Å²) in [6.07, 6.45) is 6.34. The summed E-state index contributed by atoms with van der Waals surface area (Å²) < 4.78 is 14.0. The molecule has 1 aromatic carbocycles. The van der Waals surface area contributed by atoms with Crippen molar-refractivity contribution in [2.24, 2.45) is 5.92 Å². The maximum Gasteiger partial charge on any atom is 0.124 e. The van der Waals surface area contributed by atoms with E-state index in [1.807, 2.05) is 6.07 Å². The van der Waals surface area contributed by atoms with Gasteiger partial charge in [0, 0.05) is 10.5 Å². The van der Waals surface area contributed by atoms with E-state index < -0.39 is 0 Å². The zero-order chi connectivity index (χ0) is 13.0. The van der Waals surface area contributed by atoms with Crippen molar-refractivity contribution in [2.45, 2.75) is 45.1 Å². The summed E-state index contributed by atoms with van der Waals surface area (Å²) in [6, 6.07) is 5.37. The monoisotopic (exact) mass is 313 g/mol. The summed E-state index contributed by atoms with van der Waals surface area (Å²) in [7, 11) is 0. The van der Waals surface area contributed by atoms with Gasteiger partial charge in [-0.25, -0.2) is 4.39 Å². The van der Waals surface area contributed by atoms with Gasteiger partial charge in [0.25, 0.3) is 0 Å². The summed E-state index contributed by atoms with van der Waals surface area (Å²) in [4.78, 5) is 0. The van der Waals surface area contributed by atoms with Crippen molar-refractivity contribution < 1.29 is 4.39 Å². The van der Waals surface area contributed by atoms with Crippen molar-refractivity contribution in [3.63, 3.8) is 0 Å². The van der Waals surface area contributed by atoms with E-state index in [-0.39, 0.29) is 5.82 Å². The Morgan fingerprint density at radius 1 is 1.44 bits per heavy atom. The van der Waals surface area contributed by atoms with Gasteiger partial charge in [0.05, 0.1) is 0 Å². The minimum absolute atomic E-state index is 0.179. The van der Waals surface area contributed by atoms with Crippen LogP contribution in [0.4, 0.5) is 4.39 Å². The van der Waals surface area contributed by atoms with Gasteiger partial charge in [-0.1, -0.05) is 41.8 Å². The molecule has 2 rings (SSSR count). The zero-order valence-electron chi connectivity index (χ0n) is 10.9. The van der Waals surface area contributed by atoms with Crippen molar-refractivity contribution in [1.82, 2.24) is 5.32 Å². The maximum atomic E-state index is 13.1. The van der Waals surface area contributed by atoms with Gasteiger partial charge in [-0.05, 0) is 49.4 Å². The van der Waals surface area contributed by atoms with Crippen LogP contribution < -0.4 is 5.32 Å². The number of rotatable bonds is 7. The number of benzene rings is 1. The normalized spacial score (nSPS) is 16.8. The van der Waals surface area contributed by atoms with E-state index in [0.29, 0.717) is 6.04 Å². The second-order valence-corrected chi connectivity index (χ2v) is 6.05. The van der Waals surface area contributed by atoms with E-state index in [4.69, 9.17) is 0 Å². The van der Waals surface area contributed by atoms with Crippen LogP contribution in [0.5, 0.6) is 0 Å². The van der Waals surface area contributed by atoms with E-state index in [1.54, 1.807) is 12.1 Å². The lowest BCUT2D eigenvalue weighted by atomic mass is 10.00. The lowest BCUT2D eigenvalue weighted by Crippen LogP contribution is -2.22. The van der Waals surface area contributed by atoms with Crippen LogP contribution in [-0.4, -0.2) is 6.54 Å². The SMILES string of the molecule is CCCNC(CCC1CC1)c1ccc(F)cc1Br. The first kappa shape index (κ1) is 14.0. The van der Waals surface area contributed by atoms with Crippen LogP contribution in [0.1, 0.15) is 50.6 Å². The van der Waals surface area contributed by atoms with Crippen LogP contribution >= 0.6 is 15.9 Å². The minimum atomic E-state index is -0.179. The summed E-state index contributed by atoms with van der Waals surface area (Å²) in [5.74, 6) is 0.761. The van der Waals surface area contributed by atoms with Crippen molar-refractivity contribution in [3.8, 4) is 0 Å². The molecule has 100 valence electrons. The topological polar surface area (TPSA) is 12.0 Å². The van der Waals surface area contributed by atoms with Crippen LogP contribution in [0.15, 0.2) is 22.7 Å². The molecule has 1 nitrogen and oxygen atoms in total. The molecule has 18 heavy (non-hydrogen) atoms. The predicted molar refractivity (Wildman–Crippen MR) is 77.1 cm³/mol. The fraction of sp³-hybridized carbons (Fsp3) is 0.600. The Labute approximate surface area is 117 Å². The molecule has 0 amide bonds. The van der Waals surface area contributed by atoms with Crippen LogP contribution in [0.3, 0.4) is 0 Å². The molecule has 1 saturated carbocycles. The second kappa shape index (κ2) is 6.67. The van der Waals surface area contributed by atoms with Crippen molar-refractivity contribution in [2.75, 3.05) is 6.54 Å². The third-order valence-corrected chi connectivity index (χ3v) is 4.23. The van der Waals surface area contributed by atoms with Gasteiger partial charge >= 0.3 is 0 Å². The van der Waals surface area contributed by atoms with Crippen molar-refractivity contribution in [3.05, 3.63) is 34.1 Å². The summed E-state index contributed by atoms with van der Waals surface area (Å²) in [5, 5.41) is 3.58. The van der Waals surface area contributed by atoms with Crippen molar-refractivity contribution in [1.29, 1.82) is 0 Å². The zero-order valence-corrected chi connectivity index (χ0v) is 12.5. The number of hydrogen-bond acceptors (Lipinski definition) is 1. The highest BCUT2D eigenvalue weighted by molar-refractivity contribution is 9.10. The van der Waals surface area contributed by atoms with Gasteiger partial charge in [-0.3, -0.25) is 0 Å². The van der Waals surface area contributed by atoms with E-state index in [0.717, 1.165) is 29.8 Å². The molecule has 3 heteroatoms. The molecule has 0 radical (unpaired) electrons. The lowest BCUT2D eigenvalue weighted by molar-refractivity contribution is 0.468. The van der Waals surface area contributed by atoms with Crippen LogP contribution in [0.2, 0.25) is 0 Å². The molecule has 1 fully saturated rings. The molecule has 1 aliphatic rings. The molecule has 1 atom stereocenters. The molecule has 0 saturated heterocycles. The summed E-state index contributed by atoms with van der Waals surface area (Å²) >= 11 is 3.48. The molecular weight excluding hydrogens is 293 g/mol. The fourth-order valence-electron chi connectivity index (χ4n) is 2.28. The summed E-state index contributed by atoms with van der Waals surface area (Å²) in [5.41, 5.74) is 1.19. The first-order valence-electron chi connectivity index (χ1n) is 6.89. The summed E-state index contributed by atoms with van der Waals surface area (Å²) in [6.45, 7) is 3.18. The number of nitrogens with one attached hydrogen (secondary N) is 1.